The fraction of sp³-hybridized carbons (Fsp3) is 0.721. The van der Waals surface area contributed by atoms with Crippen LogP contribution >= 0.6 is 7.82 Å². The lowest BCUT2D eigenvalue weighted by molar-refractivity contribution is -0.870. The van der Waals surface area contributed by atoms with E-state index in [9.17, 15) is 19.0 Å². The summed E-state index contributed by atoms with van der Waals surface area (Å²) in [5.41, 5.74) is 0. The first-order valence-corrected chi connectivity index (χ1v) is 22.0. The second-order valence-corrected chi connectivity index (χ2v) is 16.0. The molecule has 0 aliphatic rings. The number of esters is 2. The van der Waals surface area contributed by atoms with Gasteiger partial charge in [-0.15, -0.1) is 0 Å². The number of rotatable bonds is 36. The molecule has 0 aliphatic carbocycles. The third kappa shape index (κ3) is 39.2. The molecule has 0 bridgehead atoms. The van der Waals surface area contributed by atoms with E-state index in [2.05, 4.69) is 74.6 Å². The van der Waals surface area contributed by atoms with Gasteiger partial charge in [-0.25, -0.2) is 0 Å². The molecule has 0 radical (unpaired) electrons. The Kier molecular flexibility index (Phi) is 33.9. The molecule has 0 aromatic rings. The van der Waals surface area contributed by atoms with E-state index < -0.39 is 32.5 Å². The number of likely N-dealkylation sites (N-methyl/N-ethyl adjacent to an activating group) is 1. The molecule has 0 rings (SSSR count). The average Bonchev–Trinajstić information content (AvgIpc) is 3.10. The van der Waals surface area contributed by atoms with Gasteiger partial charge in [-0.2, -0.15) is 0 Å². The van der Waals surface area contributed by atoms with Crippen LogP contribution in [0.15, 0.2) is 60.8 Å². The van der Waals surface area contributed by atoms with Crippen molar-refractivity contribution in [1.29, 1.82) is 0 Å². The number of hydrogen-bond donors (Lipinski definition) is 0. The van der Waals surface area contributed by atoms with Gasteiger partial charge in [-0.05, 0) is 70.6 Å². The first-order valence-electron chi connectivity index (χ1n) is 20.5. The molecule has 2 atom stereocenters. The summed E-state index contributed by atoms with van der Waals surface area (Å²) >= 11 is 0. The molecule has 0 aromatic heterocycles. The standard InChI is InChI=1S/C43H76NO8P/c1-6-8-10-12-14-16-18-19-20-21-22-23-24-25-26-28-30-32-34-36-43(46)52-41(40-51-53(47,48)50-38-37-44(3,4)5)39-49-42(45)35-33-31-29-27-17-15-13-11-9-7-2/h8,10-11,13-14,16,19-20,22-23,41H,6-7,9,12,15,17-18,21,24-40H2,1-5H3/b10-8-,13-11-,16-14-,20-19-,23-22-. The largest absolute Gasteiger partial charge is 0.756 e. The summed E-state index contributed by atoms with van der Waals surface area (Å²) in [5.74, 6) is -0.870. The first kappa shape index (κ1) is 50.7. The van der Waals surface area contributed by atoms with Crippen molar-refractivity contribution in [2.24, 2.45) is 0 Å². The molecule has 9 nitrogen and oxygen atoms in total. The summed E-state index contributed by atoms with van der Waals surface area (Å²) in [7, 11) is 1.14. The summed E-state index contributed by atoms with van der Waals surface area (Å²) in [6, 6.07) is 0. The van der Waals surface area contributed by atoms with Crippen molar-refractivity contribution < 1.29 is 42.1 Å². The van der Waals surface area contributed by atoms with E-state index in [1.165, 1.54) is 6.42 Å². The highest BCUT2D eigenvalue weighted by molar-refractivity contribution is 7.45. The molecule has 0 N–H and O–H groups in total. The van der Waals surface area contributed by atoms with E-state index in [0.717, 1.165) is 103 Å². The van der Waals surface area contributed by atoms with Gasteiger partial charge >= 0.3 is 11.9 Å². The number of hydrogen-bond acceptors (Lipinski definition) is 8. The maximum atomic E-state index is 12.6. The van der Waals surface area contributed by atoms with Crippen molar-refractivity contribution in [1.82, 2.24) is 0 Å². The number of carbonyl (C=O) groups excluding carboxylic acids is 2. The van der Waals surface area contributed by atoms with Crippen molar-refractivity contribution in [2.45, 2.75) is 155 Å². The van der Waals surface area contributed by atoms with E-state index in [1.807, 2.05) is 21.1 Å². The van der Waals surface area contributed by atoms with Crippen molar-refractivity contribution in [3.8, 4) is 0 Å². The molecule has 53 heavy (non-hydrogen) atoms. The van der Waals surface area contributed by atoms with Crippen molar-refractivity contribution in [2.75, 3.05) is 47.5 Å². The number of allylic oxidation sites excluding steroid dienone is 10. The van der Waals surface area contributed by atoms with Crippen LogP contribution in [0.5, 0.6) is 0 Å². The molecule has 0 amide bonds. The summed E-state index contributed by atoms with van der Waals surface area (Å²) in [6.07, 6.45) is 41.1. The SMILES string of the molecule is CC/C=C\C/C=C\C/C=C\C/C=C\CCCCCCCCC(=O)OC(COC(=O)CCCCCCC/C=C\CCC)COP(=O)([O-])OCC[N+](C)(C)C. The Morgan fingerprint density at radius 2 is 1.08 bits per heavy atom. The Morgan fingerprint density at radius 3 is 1.62 bits per heavy atom. The predicted octanol–water partition coefficient (Wildman–Crippen LogP) is 10.7. The number of phosphoric ester groups is 1. The maximum absolute atomic E-state index is 12.6. The molecule has 0 saturated heterocycles. The van der Waals surface area contributed by atoms with Crippen LogP contribution in [0.4, 0.5) is 0 Å². The number of phosphoric acid groups is 1. The molecular weight excluding hydrogens is 689 g/mol. The summed E-state index contributed by atoms with van der Waals surface area (Å²) in [4.78, 5) is 37.4. The van der Waals surface area contributed by atoms with Crippen LogP contribution < -0.4 is 4.89 Å². The van der Waals surface area contributed by atoms with Crippen LogP contribution in [0.2, 0.25) is 0 Å². The van der Waals surface area contributed by atoms with E-state index in [-0.39, 0.29) is 26.1 Å². The molecule has 0 heterocycles. The molecule has 0 saturated carbocycles. The van der Waals surface area contributed by atoms with Gasteiger partial charge in [0.05, 0.1) is 27.7 Å². The minimum atomic E-state index is -4.63. The highest BCUT2D eigenvalue weighted by Gasteiger charge is 2.21. The van der Waals surface area contributed by atoms with E-state index in [1.54, 1.807) is 0 Å². The van der Waals surface area contributed by atoms with Gasteiger partial charge < -0.3 is 27.9 Å². The van der Waals surface area contributed by atoms with Crippen molar-refractivity contribution >= 4 is 19.8 Å². The van der Waals surface area contributed by atoms with Gasteiger partial charge in [0.2, 0.25) is 0 Å². The van der Waals surface area contributed by atoms with Crippen LogP contribution in [-0.2, 0) is 32.7 Å². The smallest absolute Gasteiger partial charge is 0.306 e. The van der Waals surface area contributed by atoms with Gasteiger partial charge in [-0.1, -0.05) is 126 Å². The second kappa shape index (κ2) is 35.4. The van der Waals surface area contributed by atoms with E-state index in [4.69, 9.17) is 18.5 Å². The fourth-order valence-corrected chi connectivity index (χ4v) is 5.79. The van der Waals surface area contributed by atoms with E-state index >= 15 is 0 Å². The zero-order chi connectivity index (χ0) is 39.3. The highest BCUT2D eigenvalue weighted by atomic mass is 31.2. The Bertz CT molecular complexity index is 1090. The molecule has 0 aliphatic heterocycles. The summed E-state index contributed by atoms with van der Waals surface area (Å²) < 4.78 is 33.8. The lowest BCUT2D eigenvalue weighted by Crippen LogP contribution is -2.37. The van der Waals surface area contributed by atoms with Gasteiger partial charge in [0.1, 0.15) is 19.8 Å². The van der Waals surface area contributed by atoms with Crippen molar-refractivity contribution in [3.63, 3.8) is 0 Å². The molecule has 0 aromatic carbocycles. The lowest BCUT2D eigenvalue weighted by Gasteiger charge is -2.28. The summed E-state index contributed by atoms with van der Waals surface area (Å²) in [5, 5.41) is 0. The number of ether oxygens (including phenoxy) is 2. The zero-order valence-electron chi connectivity index (χ0n) is 34.2. The Morgan fingerprint density at radius 1 is 0.604 bits per heavy atom. The minimum Gasteiger partial charge on any atom is -0.756 e. The van der Waals surface area contributed by atoms with Crippen LogP contribution in [0.3, 0.4) is 0 Å². The second-order valence-electron chi connectivity index (χ2n) is 14.6. The van der Waals surface area contributed by atoms with Gasteiger partial charge in [-0.3, -0.25) is 14.2 Å². The number of quaternary nitrogens is 1. The Labute approximate surface area is 324 Å². The lowest BCUT2D eigenvalue weighted by atomic mass is 10.1. The van der Waals surface area contributed by atoms with E-state index in [0.29, 0.717) is 23.9 Å². The molecule has 0 fully saturated rings. The summed E-state index contributed by atoms with van der Waals surface area (Å²) in [6.45, 7) is 4.00. The highest BCUT2D eigenvalue weighted by Crippen LogP contribution is 2.38. The van der Waals surface area contributed by atoms with Gasteiger partial charge in [0.25, 0.3) is 7.82 Å². The predicted molar refractivity (Wildman–Crippen MR) is 217 cm³/mol. The number of nitrogens with zero attached hydrogens (tertiary/aromatic N) is 1. The quantitative estimate of drug-likeness (QED) is 0.0204. The fourth-order valence-electron chi connectivity index (χ4n) is 5.06. The Balaban J connectivity index is 4.41. The van der Waals surface area contributed by atoms with Crippen LogP contribution in [0.1, 0.15) is 149 Å². The third-order valence-corrected chi connectivity index (χ3v) is 9.22. The van der Waals surface area contributed by atoms with Crippen LogP contribution in [0.25, 0.3) is 0 Å². The average molecular weight is 766 g/mol. The van der Waals surface area contributed by atoms with Gasteiger partial charge in [0.15, 0.2) is 6.10 Å². The molecular formula is C43H76NO8P. The molecule has 10 heteroatoms. The number of unbranched alkanes of at least 4 members (excludes halogenated alkanes) is 12. The Hall–Kier alpha value is -2.29. The monoisotopic (exact) mass is 766 g/mol. The minimum absolute atomic E-state index is 0.0380. The molecule has 306 valence electrons. The topological polar surface area (TPSA) is 111 Å². The van der Waals surface area contributed by atoms with Crippen LogP contribution in [0, 0.1) is 0 Å². The maximum Gasteiger partial charge on any atom is 0.306 e. The zero-order valence-corrected chi connectivity index (χ0v) is 35.1. The van der Waals surface area contributed by atoms with Crippen molar-refractivity contribution in [3.05, 3.63) is 60.8 Å². The molecule has 2 unspecified atom stereocenters. The first-order chi connectivity index (χ1) is 25.5. The number of carbonyl (C=O) groups is 2. The molecule has 0 spiro atoms. The third-order valence-electron chi connectivity index (χ3n) is 8.25. The van der Waals surface area contributed by atoms with Crippen LogP contribution in [-0.4, -0.2) is 70.0 Å². The normalized spacial score (nSPS) is 14.3. The van der Waals surface area contributed by atoms with Gasteiger partial charge in [0, 0.05) is 12.8 Å².